The van der Waals surface area contributed by atoms with E-state index in [4.69, 9.17) is 4.74 Å². The predicted octanol–water partition coefficient (Wildman–Crippen LogP) is 6.80. The van der Waals surface area contributed by atoms with Crippen molar-refractivity contribution in [3.63, 3.8) is 0 Å². The second kappa shape index (κ2) is 8.19. The first kappa shape index (κ1) is 18.1. The molecule has 4 heteroatoms. The maximum Gasteiger partial charge on any atom is 0.126 e. The second-order valence-electron chi connectivity index (χ2n) is 6.24. The molecular weight excluding hydrogens is 369 g/mol. The van der Waals surface area contributed by atoms with Crippen molar-refractivity contribution in [3.05, 3.63) is 95.1 Å². The lowest BCUT2D eigenvalue weighted by Crippen LogP contribution is -1.85. The number of aromatic nitrogens is 1. The Morgan fingerprint density at radius 2 is 1.57 bits per heavy atom. The van der Waals surface area contributed by atoms with E-state index in [-0.39, 0.29) is 5.82 Å². The molecule has 0 aliphatic heterocycles. The summed E-state index contributed by atoms with van der Waals surface area (Å²) >= 11 is 1.56. The normalized spacial score (nSPS) is 11.1. The van der Waals surface area contributed by atoms with Gasteiger partial charge in [-0.2, -0.15) is 0 Å². The van der Waals surface area contributed by atoms with Gasteiger partial charge < -0.3 is 4.74 Å². The van der Waals surface area contributed by atoms with Crippen LogP contribution in [0.5, 0.6) is 5.75 Å². The van der Waals surface area contributed by atoms with Crippen LogP contribution in [0.15, 0.2) is 78.2 Å². The van der Waals surface area contributed by atoms with Gasteiger partial charge in [0.05, 0.1) is 12.8 Å². The van der Waals surface area contributed by atoms with Crippen molar-refractivity contribution < 1.29 is 9.13 Å². The number of para-hydroxylation sites is 1. The Morgan fingerprint density at radius 1 is 0.857 bits per heavy atom. The molecule has 0 N–H and O–H groups in total. The molecule has 28 heavy (non-hydrogen) atoms. The number of benzene rings is 3. The minimum atomic E-state index is -0.239. The molecule has 0 spiro atoms. The van der Waals surface area contributed by atoms with Crippen LogP contribution < -0.4 is 4.74 Å². The van der Waals surface area contributed by atoms with Crippen LogP contribution >= 0.6 is 11.3 Å². The summed E-state index contributed by atoms with van der Waals surface area (Å²) in [6, 6.07) is 22.6. The third kappa shape index (κ3) is 4.02. The van der Waals surface area contributed by atoms with Crippen molar-refractivity contribution in [1.29, 1.82) is 0 Å². The van der Waals surface area contributed by atoms with E-state index >= 15 is 0 Å². The standard InChI is InChI=1S/C24H18FNOS/c1-27-23-5-3-2-4-19(23)11-8-17-6-9-18(10-7-17)22-16-28-24(26-22)20-12-14-21(25)15-13-20/h2-16H,1H3/b11-8+. The first-order valence-electron chi connectivity index (χ1n) is 8.86. The first-order valence-corrected chi connectivity index (χ1v) is 9.74. The van der Waals surface area contributed by atoms with E-state index in [0.29, 0.717) is 0 Å². The van der Waals surface area contributed by atoms with Crippen LogP contribution in [0.25, 0.3) is 34.0 Å². The lowest BCUT2D eigenvalue weighted by molar-refractivity contribution is 0.414. The number of halogens is 1. The Kier molecular flexibility index (Phi) is 5.31. The number of hydrogen-bond donors (Lipinski definition) is 0. The van der Waals surface area contributed by atoms with Crippen LogP contribution in [0.3, 0.4) is 0 Å². The van der Waals surface area contributed by atoms with Crippen molar-refractivity contribution in [2.75, 3.05) is 7.11 Å². The van der Waals surface area contributed by atoms with Gasteiger partial charge in [0, 0.05) is 22.1 Å². The molecule has 2 nitrogen and oxygen atoms in total. The third-order valence-corrected chi connectivity index (χ3v) is 5.29. The summed E-state index contributed by atoms with van der Waals surface area (Å²) in [6.07, 6.45) is 4.11. The van der Waals surface area contributed by atoms with E-state index in [2.05, 4.69) is 35.3 Å². The number of methoxy groups -OCH3 is 1. The van der Waals surface area contributed by atoms with Crippen molar-refractivity contribution >= 4 is 23.5 Å². The van der Waals surface area contributed by atoms with Crippen molar-refractivity contribution in [3.8, 4) is 27.6 Å². The highest BCUT2D eigenvalue weighted by molar-refractivity contribution is 7.13. The Balaban J connectivity index is 1.52. The fourth-order valence-electron chi connectivity index (χ4n) is 2.89. The minimum absolute atomic E-state index is 0.239. The largest absolute Gasteiger partial charge is 0.496 e. The van der Waals surface area contributed by atoms with Gasteiger partial charge in [-0.3, -0.25) is 0 Å². The predicted molar refractivity (Wildman–Crippen MR) is 115 cm³/mol. The van der Waals surface area contributed by atoms with Gasteiger partial charge in [-0.05, 0) is 35.9 Å². The highest BCUT2D eigenvalue weighted by Crippen LogP contribution is 2.29. The molecule has 0 aliphatic carbocycles. The highest BCUT2D eigenvalue weighted by atomic mass is 32.1. The molecule has 0 aliphatic rings. The monoisotopic (exact) mass is 387 g/mol. The molecule has 4 aromatic rings. The maximum absolute atomic E-state index is 13.1. The molecule has 0 unspecified atom stereocenters. The van der Waals surface area contributed by atoms with Gasteiger partial charge in [-0.25, -0.2) is 9.37 Å². The first-order chi connectivity index (χ1) is 13.7. The Morgan fingerprint density at radius 3 is 2.32 bits per heavy atom. The second-order valence-corrected chi connectivity index (χ2v) is 7.10. The van der Waals surface area contributed by atoms with Gasteiger partial charge >= 0.3 is 0 Å². The summed E-state index contributed by atoms with van der Waals surface area (Å²) in [5.41, 5.74) is 5.04. The summed E-state index contributed by atoms with van der Waals surface area (Å²) in [4.78, 5) is 4.69. The molecule has 0 bridgehead atoms. The van der Waals surface area contributed by atoms with Crippen LogP contribution in [0, 0.1) is 5.82 Å². The minimum Gasteiger partial charge on any atom is -0.496 e. The van der Waals surface area contributed by atoms with Gasteiger partial charge in [-0.1, -0.05) is 54.6 Å². The third-order valence-electron chi connectivity index (χ3n) is 4.40. The Labute approximate surface area is 167 Å². The summed E-state index contributed by atoms with van der Waals surface area (Å²) in [7, 11) is 1.68. The molecule has 0 saturated carbocycles. The smallest absolute Gasteiger partial charge is 0.126 e. The average molecular weight is 387 g/mol. The van der Waals surface area contributed by atoms with Gasteiger partial charge in [0.15, 0.2) is 0 Å². The molecule has 3 aromatic carbocycles. The molecule has 0 amide bonds. The van der Waals surface area contributed by atoms with Gasteiger partial charge in [0.2, 0.25) is 0 Å². The van der Waals surface area contributed by atoms with E-state index in [1.54, 1.807) is 30.6 Å². The van der Waals surface area contributed by atoms with E-state index < -0.39 is 0 Å². The quantitative estimate of drug-likeness (QED) is 0.352. The molecule has 138 valence electrons. The zero-order valence-electron chi connectivity index (χ0n) is 15.3. The van der Waals surface area contributed by atoms with Crippen molar-refractivity contribution in [2.45, 2.75) is 0 Å². The van der Waals surface area contributed by atoms with Gasteiger partial charge in [0.1, 0.15) is 16.6 Å². The van der Waals surface area contributed by atoms with Crippen molar-refractivity contribution in [2.24, 2.45) is 0 Å². The molecule has 1 heterocycles. The fourth-order valence-corrected chi connectivity index (χ4v) is 3.72. The van der Waals surface area contributed by atoms with E-state index in [1.807, 2.05) is 35.7 Å². The number of thiazole rings is 1. The molecule has 0 radical (unpaired) electrons. The van der Waals surface area contributed by atoms with Crippen LogP contribution in [0.2, 0.25) is 0 Å². The van der Waals surface area contributed by atoms with E-state index in [9.17, 15) is 4.39 Å². The number of hydrogen-bond acceptors (Lipinski definition) is 3. The van der Waals surface area contributed by atoms with E-state index in [1.165, 1.54) is 12.1 Å². The van der Waals surface area contributed by atoms with E-state index in [0.717, 1.165) is 38.7 Å². The number of ether oxygens (including phenoxy) is 1. The molecule has 4 rings (SSSR count). The maximum atomic E-state index is 13.1. The average Bonchev–Trinajstić information content (AvgIpc) is 3.23. The van der Waals surface area contributed by atoms with Gasteiger partial charge in [-0.15, -0.1) is 11.3 Å². The van der Waals surface area contributed by atoms with Gasteiger partial charge in [0.25, 0.3) is 0 Å². The lowest BCUT2D eigenvalue weighted by atomic mass is 10.1. The topological polar surface area (TPSA) is 22.1 Å². The molecule has 0 atom stereocenters. The summed E-state index contributed by atoms with van der Waals surface area (Å²) < 4.78 is 18.5. The highest BCUT2D eigenvalue weighted by Gasteiger charge is 2.07. The zero-order valence-corrected chi connectivity index (χ0v) is 16.1. The van der Waals surface area contributed by atoms with Crippen LogP contribution in [0.1, 0.15) is 11.1 Å². The fraction of sp³-hybridized carbons (Fsp3) is 0.0417. The summed E-state index contributed by atoms with van der Waals surface area (Å²) in [6.45, 7) is 0. The molecular formula is C24H18FNOS. The van der Waals surface area contributed by atoms with Crippen LogP contribution in [-0.4, -0.2) is 12.1 Å². The lowest BCUT2D eigenvalue weighted by Gasteiger charge is -2.03. The molecule has 1 aromatic heterocycles. The number of nitrogens with zero attached hydrogens (tertiary/aromatic N) is 1. The molecule has 0 fully saturated rings. The van der Waals surface area contributed by atoms with Crippen LogP contribution in [0.4, 0.5) is 4.39 Å². The SMILES string of the molecule is COc1ccccc1/C=C/c1ccc(-c2csc(-c3ccc(F)cc3)n2)cc1. The number of rotatable bonds is 5. The zero-order chi connectivity index (χ0) is 19.3. The van der Waals surface area contributed by atoms with Crippen LogP contribution in [-0.2, 0) is 0 Å². The summed E-state index contributed by atoms with van der Waals surface area (Å²) in [5, 5.41) is 2.91. The Bertz CT molecular complexity index is 1100. The Hall–Kier alpha value is -3.24. The van der Waals surface area contributed by atoms with Crippen molar-refractivity contribution in [1.82, 2.24) is 4.98 Å². The molecule has 0 saturated heterocycles. The summed E-state index contributed by atoms with van der Waals surface area (Å²) in [5.74, 6) is 0.614.